The van der Waals surface area contributed by atoms with E-state index in [9.17, 15) is 0 Å². The summed E-state index contributed by atoms with van der Waals surface area (Å²) in [6.45, 7) is 4.46. The molecular formula is C20H26N3O2. The highest BCUT2D eigenvalue weighted by molar-refractivity contribution is 5.95. The van der Waals surface area contributed by atoms with Gasteiger partial charge in [0.05, 0.1) is 6.61 Å². The topological polar surface area (TPSA) is 91.4 Å². The standard InChI is InChI=1S/C20H26N3O2/c1-3-5-17-18(25-13-12-24)11-8-14(4-2)19(17)23-16-9-6-15(7-10-16)20(21)22/h6-10,23-24H,3-5,12-13H2,1-2H3,(H3,21,22). The number of nitrogen functional groups attached to an aromatic ring is 1. The van der Waals surface area contributed by atoms with Crippen LogP contribution in [-0.2, 0) is 12.8 Å². The predicted octanol–water partition coefficient (Wildman–Crippen LogP) is 3.40. The Morgan fingerprint density at radius 2 is 2.00 bits per heavy atom. The van der Waals surface area contributed by atoms with Crippen molar-refractivity contribution in [3.63, 3.8) is 0 Å². The lowest BCUT2D eigenvalue weighted by Crippen LogP contribution is -2.11. The maximum atomic E-state index is 9.04. The average Bonchev–Trinajstić information content (AvgIpc) is 2.62. The molecular weight excluding hydrogens is 314 g/mol. The normalized spacial score (nSPS) is 10.5. The Labute approximate surface area is 149 Å². The number of rotatable bonds is 9. The van der Waals surface area contributed by atoms with E-state index >= 15 is 0 Å². The van der Waals surface area contributed by atoms with Gasteiger partial charge in [-0.05, 0) is 48.7 Å². The molecule has 0 spiro atoms. The number of aliphatic hydroxyl groups excluding tert-OH is 1. The summed E-state index contributed by atoms with van der Waals surface area (Å²) in [6, 6.07) is 12.6. The number of nitrogens with two attached hydrogens (primary N) is 1. The van der Waals surface area contributed by atoms with E-state index in [2.05, 4.69) is 25.2 Å². The van der Waals surface area contributed by atoms with Gasteiger partial charge in [-0.3, -0.25) is 5.41 Å². The summed E-state index contributed by atoms with van der Waals surface area (Å²) < 4.78 is 5.68. The molecule has 2 aromatic carbocycles. The van der Waals surface area contributed by atoms with Crippen LogP contribution in [0.25, 0.3) is 0 Å². The molecule has 0 atom stereocenters. The second-order valence-corrected chi connectivity index (χ2v) is 5.79. The largest absolute Gasteiger partial charge is 0.490 e. The number of benzene rings is 2. The minimum absolute atomic E-state index is 0.0236. The molecule has 0 heterocycles. The van der Waals surface area contributed by atoms with E-state index in [1.165, 1.54) is 0 Å². The lowest BCUT2D eigenvalue weighted by atomic mass is 9.99. The van der Waals surface area contributed by atoms with Crippen molar-refractivity contribution >= 4 is 17.2 Å². The maximum absolute atomic E-state index is 9.04. The van der Waals surface area contributed by atoms with Crippen LogP contribution in [0, 0.1) is 11.5 Å². The first-order chi connectivity index (χ1) is 12.1. The van der Waals surface area contributed by atoms with Crippen LogP contribution in [-0.4, -0.2) is 24.2 Å². The molecule has 1 radical (unpaired) electrons. The number of hydrogen-bond donors (Lipinski definition) is 4. The van der Waals surface area contributed by atoms with Gasteiger partial charge in [-0.25, -0.2) is 0 Å². The molecule has 2 rings (SSSR count). The van der Waals surface area contributed by atoms with E-state index in [0.29, 0.717) is 11.3 Å². The van der Waals surface area contributed by atoms with Crippen molar-refractivity contribution in [1.82, 2.24) is 0 Å². The fourth-order valence-electron chi connectivity index (χ4n) is 2.70. The van der Waals surface area contributed by atoms with E-state index in [4.69, 9.17) is 21.0 Å². The summed E-state index contributed by atoms with van der Waals surface area (Å²) in [5.74, 6) is 0.748. The lowest BCUT2D eigenvalue weighted by molar-refractivity contribution is 0.200. The molecule has 5 nitrogen and oxygen atoms in total. The number of nitrogens with one attached hydrogen (secondary N) is 2. The van der Waals surface area contributed by atoms with Crippen molar-refractivity contribution < 1.29 is 9.84 Å². The highest BCUT2D eigenvalue weighted by Crippen LogP contribution is 2.34. The summed E-state index contributed by atoms with van der Waals surface area (Å²) in [6.07, 6.45) is 2.72. The highest BCUT2D eigenvalue weighted by atomic mass is 16.5. The predicted molar refractivity (Wildman–Crippen MR) is 102 cm³/mol. The van der Waals surface area contributed by atoms with Crippen LogP contribution in [0.2, 0.25) is 0 Å². The monoisotopic (exact) mass is 340 g/mol. The average molecular weight is 340 g/mol. The molecule has 0 saturated heterocycles. The second-order valence-electron chi connectivity index (χ2n) is 5.79. The summed E-state index contributed by atoms with van der Waals surface area (Å²) >= 11 is 0. The zero-order valence-corrected chi connectivity index (χ0v) is 14.9. The Kier molecular flexibility index (Phi) is 6.83. The fraction of sp³-hybridized carbons (Fsp3) is 0.350. The Morgan fingerprint density at radius 3 is 2.56 bits per heavy atom. The molecule has 0 amide bonds. The molecule has 5 heteroatoms. The molecule has 0 aliphatic heterocycles. The molecule has 0 unspecified atom stereocenters. The van der Waals surface area contributed by atoms with Gasteiger partial charge in [0, 0.05) is 28.6 Å². The van der Waals surface area contributed by atoms with Crippen LogP contribution in [0.15, 0.2) is 30.3 Å². The third-order valence-electron chi connectivity index (χ3n) is 3.96. The fourth-order valence-corrected chi connectivity index (χ4v) is 2.70. The molecule has 25 heavy (non-hydrogen) atoms. The van der Waals surface area contributed by atoms with Crippen LogP contribution < -0.4 is 15.8 Å². The lowest BCUT2D eigenvalue weighted by Gasteiger charge is -2.19. The summed E-state index contributed by atoms with van der Waals surface area (Å²) in [4.78, 5) is 0. The van der Waals surface area contributed by atoms with Crippen LogP contribution in [0.1, 0.15) is 37.0 Å². The molecule has 0 aromatic heterocycles. The van der Waals surface area contributed by atoms with Crippen molar-refractivity contribution in [2.75, 3.05) is 18.5 Å². The van der Waals surface area contributed by atoms with Crippen LogP contribution in [0.3, 0.4) is 0 Å². The minimum Gasteiger partial charge on any atom is -0.490 e. The minimum atomic E-state index is -0.0236. The first-order valence-corrected chi connectivity index (χ1v) is 8.62. The Balaban J connectivity index is 2.40. The third kappa shape index (κ3) is 4.73. The summed E-state index contributed by atoms with van der Waals surface area (Å²) in [5, 5.41) is 20.0. The van der Waals surface area contributed by atoms with Crippen molar-refractivity contribution in [1.29, 1.82) is 5.41 Å². The van der Waals surface area contributed by atoms with Crippen molar-refractivity contribution in [2.24, 2.45) is 5.73 Å². The Bertz CT molecular complexity index is 712. The van der Waals surface area contributed by atoms with Gasteiger partial charge in [-0.2, -0.15) is 0 Å². The third-order valence-corrected chi connectivity index (χ3v) is 3.96. The quantitative estimate of drug-likeness (QED) is 0.416. The van der Waals surface area contributed by atoms with Gasteiger partial charge in [-0.1, -0.05) is 20.3 Å². The molecule has 0 aliphatic carbocycles. The van der Waals surface area contributed by atoms with E-state index in [1.807, 2.05) is 30.3 Å². The number of amidine groups is 1. The van der Waals surface area contributed by atoms with E-state index in [0.717, 1.165) is 41.8 Å². The van der Waals surface area contributed by atoms with E-state index in [1.54, 1.807) is 0 Å². The van der Waals surface area contributed by atoms with Crippen LogP contribution in [0.5, 0.6) is 5.75 Å². The summed E-state index contributed by atoms with van der Waals surface area (Å²) in [5.41, 5.74) is 10.4. The SMILES string of the molecule is CCCc1c(OCCO)[c]cc(CC)c1Nc1ccc(C(=N)N)cc1. The van der Waals surface area contributed by atoms with E-state index < -0.39 is 0 Å². The maximum Gasteiger partial charge on any atom is 0.132 e. The van der Waals surface area contributed by atoms with Crippen molar-refractivity contribution in [3.8, 4) is 5.75 Å². The molecule has 133 valence electrons. The molecule has 0 fully saturated rings. The van der Waals surface area contributed by atoms with Gasteiger partial charge in [0.15, 0.2) is 0 Å². The van der Waals surface area contributed by atoms with Gasteiger partial charge < -0.3 is 20.9 Å². The summed E-state index contributed by atoms with van der Waals surface area (Å²) in [7, 11) is 0. The number of anilines is 2. The van der Waals surface area contributed by atoms with Crippen LogP contribution in [0.4, 0.5) is 11.4 Å². The Hall–Kier alpha value is -2.53. The van der Waals surface area contributed by atoms with Gasteiger partial charge in [0.1, 0.15) is 18.2 Å². The number of hydrogen-bond acceptors (Lipinski definition) is 4. The van der Waals surface area contributed by atoms with Crippen LogP contribution >= 0.6 is 0 Å². The molecule has 5 N–H and O–H groups in total. The molecule has 0 aliphatic rings. The van der Waals surface area contributed by atoms with Gasteiger partial charge in [0.25, 0.3) is 0 Å². The van der Waals surface area contributed by atoms with Gasteiger partial charge in [-0.15, -0.1) is 0 Å². The molecule has 0 bridgehead atoms. The van der Waals surface area contributed by atoms with E-state index in [-0.39, 0.29) is 19.0 Å². The highest BCUT2D eigenvalue weighted by Gasteiger charge is 2.14. The zero-order chi connectivity index (χ0) is 18.2. The first-order valence-electron chi connectivity index (χ1n) is 8.62. The van der Waals surface area contributed by atoms with Gasteiger partial charge in [0.2, 0.25) is 0 Å². The Morgan fingerprint density at radius 1 is 1.28 bits per heavy atom. The van der Waals surface area contributed by atoms with Crippen molar-refractivity contribution in [2.45, 2.75) is 33.1 Å². The number of ether oxygens (including phenoxy) is 1. The smallest absolute Gasteiger partial charge is 0.132 e. The first kappa shape index (κ1) is 18.8. The second kappa shape index (κ2) is 9.08. The zero-order valence-electron chi connectivity index (χ0n) is 14.9. The molecule has 0 saturated carbocycles. The van der Waals surface area contributed by atoms with Gasteiger partial charge >= 0.3 is 0 Å². The molecule has 2 aromatic rings. The number of aliphatic hydroxyl groups is 1. The van der Waals surface area contributed by atoms with Crippen molar-refractivity contribution in [3.05, 3.63) is 53.1 Å². The number of aryl methyl sites for hydroxylation is 1.